The third-order valence-electron chi connectivity index (χ3n) is 1.57. The largest absolute Gasteiger partial charge is 0.478 e. The lowest BCUT2D eigenvalue weighted by Crippen LogP contribution is -2.02. The fraction of sp³-hybridized carbons (Fsp3) is 0.222. The lowest BCUT2D eigenvalue weighted by atomic mass is 10.1. The van der Waals surface area contributed by atoms with E-state index >= 15 is 0 Å². The van der Waals surface area contributed by atoms with Crippen molar-refractivity contribution in [1.29, 1.82) is 0 Å². The maximum atomic E-state index is 12.8. The van der Waals surface area contributed by atoms with Crippen LogP contribution in [0.15, 0.2) is 18.2 Å². The van der Waals surface area contributed by atoms with Crippen molar-refractivity contribution >= 4 is 5.97 Å². The molecule has 1 aromatic carbocycles. The second-order valence-electron chi connectivity index (χ2n) is 2.55. The summed E-state index contributed by atoms with van der Waals surface area (Å²) in [5, 5.41) is 8.58. The molecule has 4 heteroatoms. The molecule has 0 unspecified atom stereocenters. The minimum Gasteiger partial charge on any atom is -0.478 e. The highest BCUT2D eigenvalue weighted by atomic mass is 19.1. The Morgan fingerprint density at radius 3 is 2.85 bits per heavy atom. The van der Waals surface area contributed by atoms with Crippen molar-refractivity contribution in [1.82, 2.24) is 0 Å². The van der Waals surface area contributed by atoms with Gasteiger partial charge in [0.15, 0.2) is 0 Å². The summed E-state index contributed by atoms with van der Waals surface area (Å²) in [5.74, 6) is -2.00. The van der Waals surface area contributed by atoms with Gasteiger partial charge in [0.05, 0.1) is 12.2 Å². The predicted molar refractivity (Wildman–Crippen MR) is 44.1 cm³/mol. The monoisotopic (exact) mass is 184 g/mol. The van der Waals surface area contributed by atoms with Crippen LogP contribution in [-0.4, -0.2) is 18.2 Å². The van der Waals surface area contributed by atoms with E-state index in [2.05, 4.69) is 0 Å². The van der Waals surface area contributed by atoms with E-state index in [1.165, 1.54) is 19.2 Å². The molecular weight excluding hydrogens is 175 g/mol. The average molecular weight is 184 g/mol. The Hall–Kier alpha value is -1.42. The zero-order chi connectivity index (χ0) is 9.84. The van der Waals surface area contributed by atoms with E-state index < -0.39 is 11.8 Å². The molecule has 3 nitrogen and oxygen atoms in total. The maximum absolute atomic E-state index is 12.8. The predicted octanol–water partition coefficient (Wildman–Crippen LogP) is 1.67. The third-order valence-corrected chi connectivity index (χ3v) is 1.57. The van der Waals surface area contributed by atoms with E-state index in [0.29, 0.717) is 5.56 Å². The van der Waals surface area contributed by atoms with Gasteiger partial charge in [0.1, 0.15) is 5.82 Å². The van der Waals surface area contributed by atoms with Crippen molar-refractivity contribution < 1.29 is 19.0 Å². The van der Waals surface area contributed by atoms with Gasteiger partial charge in [0.25, 0.3) is 0 Å². The summed E-state index contributed by atoms with van der Waals surface area (Å²) in [6.45, 7) is 0.278. The highest BCUT2D eigenvalue weighted by molar-refractivity contribution is 5.88. The Labute approximate surface area is 74.8 Å². The molecule has 0 saturated heterocycles. The van der Waals surface area contributed by atoms with Gasteiger partial charge in [-0.1, -0.05) is 6.07 Å². The number of ether oxygens (including phenoxy) is 1. The first-order valence-corrected chi connectivity index (χ1v) is 3.66. The summed E-state index contributed by atoms with van der Waals surface area (Å²) in [7, 11) is 1.49. The van der Waals surface area contributed by atoms with Crippen molar-refractivity contribution in [3.8, 4) is 0 Å². The van der Waals surface area contributed by atoms with Crippen molar-refractivity contribution in [3.63, 3.8) is 0 Å². The van der Waals surface area contributed by atoms with Gasteiger partial charge in [0, 0.05) is 7.11 Å². The van der Waals surface area contributed by atoms with E-state index in [1.54, 1.807) is 0 Å². The maximum Gasteiger partial charge on any atom is 0.338 e. The van der Waals surface area contributed by atoms with Crippen molar-refractivity contribution in [2.45, 2.75) is 6.61 Å². The van der Waals surface area contributed by atoms with Crippen LogP contribution < -0.4 is 0 Å². The standard InChI is InChI=1S/C9H9FO3/c1-13-5-6-2-3-8(10)7(4-6)9(11)12/h2-4H,5H2,1H3,(H,11,12). The fourth-order valence-electron chi connectivity index (χ4n) is 0.993. The molecule has 1 rings (SSSR count). The van der Waals surface area contributed by atoms with Crippen LogP contribution in [0.4, 0.5) is 4.39 Å². The Morgan fingerprint density at radius 1 is 1.62 bits per heavy atom. The van der Waals surface area contributed by atoms with Gasteiger partial charge in [-0.3, -0.25) is 0 Å². The third kappa shape index (κ3) is 2.26. The molecule has 0 atom stereocenters. The molecule has 0 radical (unpaired) electrons. The van der Waals surface area contributed by atoms with Crippen LogP contribution >= 0.6 is 0 Å². The van der Waals surface area contributed by atoms with Gasteiger partial charge in [-0.2, -0.15) is 0 Å². The number of methoxy groups -OCH3 is 1. The number of benzene rings is 1. The average Bonchev–Trinajstić information content (AvgIpc) is 2.08. The summed E-state index contributed by atoms with van der Waals surface area (Å²) >= 11 is 0. The summed E-state index contributed by atoms with van der Waals surface area (Å²) in [5.41, 5.74) is 0.316. The zero-order valence-corrected chi connectivity index (χ0v) is 7.08. The Morgan fingerprint density at radius 2 is 2.31 bits per heavy atom. The molecule has 0 spiro atoms. The molecular formula is C9H9FO3. The van der Waals surface area contributed by atoms with E-state index in [0.717, 1.165) is 6.07 Å². The molecule has 0 aromatic heterocycles. The summed E-state index contributed by atoms with van der Waals surface area (Å²) in [4.78, 5) is 10.5. The van der Waals surface area contributed by atoms with Gasteiger partial charge in [-0.05, 0) is 17.7 Å². The number of aromatic carboxylic acids is 1. The zero-order valence-electron chi connectivity index (χ0n) is 7.08. The Balaban J connectivity index is 3.04. The number of hydrogen-bond acceptors (Lipinski definition) is 2. The molecule has 1 N–H and O–H groups in total. The van der Waals surface area contributed by atoms with Crippen LogP contribution in [0.2, 0.25) is 0 Å². The number of rotatable bonds is 3. The first kappa shape index (κ1) is 9.67. The van der Waals surface area contributed by atoms with E-state index in [-0.39, 0.29) is 12.2 Å². The molecule has 0 heterocycles. The smallest absolute Gasteiger partial charge is 0.338 e. The quantitative estimate of drug-likeness (QED) is 0.777. The number of hydrogen-bond donors (Lipinski definition) is 1. The SMILES string of the molecule is COCc1ccc(F)c(C(=O)O)c1. The molecule has 0 saturated carbocycles. The normalized spacial score (nSPS) is 10.0. The minimum absolute atomic E-state index is 0.278. The molecule has 70 valence electrons. The highest BCUT2D eigenvalue weighted by Gasteiger charge is 2.10. The molecule has 0 fully saturated rings. The number of carbonyl (C=O) groups is 1. The van der Waals surface area contributed by atoms with E-state index in [4.69, 9.17) is 9.84 Å². The van der Waals surface area contributed by atoms with Crippen LogP contribution in [0, 0.1) is 5.82 Å². The number of carboxylic acid groups (broad SMARTS) is 1. The van der Waals surface area contributed by atoms with Crippen LogP contribution in [-0.2, 0) is 11.3 Å². The Bertz CT molecular complexity index is 323. The van der Waals surface area contributed by atoms with Gasteiger partial charge < -0.3 is 9.84 Å². The van der Waals surface area contributed by atoms with Gasteiger partial charge in [0.2, 0.25) is 0 Å². The van der Waals surface area contributed by atoms with Crippen LogP contribution in [0.3, 0.4) is 0 Å². The summed E-state index contributed by atoms with van der Waals surface area (Å²) < 4.78 is 17.6. The van der Waals surface area contributed by atoms with Crippen LogP contribution in [0.25, 0.3) is 0 Å². The minimum atomic E-state index is -1.27. The van der Waals surface area contributed by atoms with Gasteiger partial charge in [-0.25, -0.2) is 9.18 Å². The second-order valence-corrected chi connectivity index (χ2v) is 2.55. The van der Waals surface area contributed by atoms with Crippen molar-refractivity contribution in [2.75, 3.05) is 7.11 Å². The molecule has 0 aliphatic carbocycles. The lowest BCUT2D eigenvalue weighted by Gasteiger charge is -2.01. The van der Waals surface area contributed by atoms with Gasteiger partial charge >= 0.3 is 5.97 Å². The molecule has 0 aliphatic heterocycles. The molecule has 1 aromatic rings. The van der Waals surface area contributed by atoms with E-state index in [1.807, 2.05) is 0 Å². The van der Waals surface area contributed by atoms with Crippen molar-refractivity contribution in [3.05, 3.63) is 35.1 Å². The molecule has 0 aliphatic rings. The van der Waals surface area contributed by atoms with Crippen LogP contribution in [0.5, 0.6) is 0 Å². The topological polar surface area (TPSA) is 46.5 Å². The fourth-order valence-corrected chi connectivity index (χ4v) is 0.993. The van der Waals surface area contributed by atoms with Crippen molar-refractivity contribution in [2.24, 2.45) is 0 Å². The molecule has 0 amide bonds. The first-order valence-electron chi connectivity index (χ1n) is 3.66. The first-order chi connectivity index (χ1) is 6.15. The highest BCUT2D eigenvalue weighted by Crippen LogP contribution is 2.11. The number of carboxylic acids is 1. The summed E-state index contributed by atoms with van der Waals surface area (Å²) in [6.07, 6.45) is 0. The number of halogens is 1. The summed E-state index contributed by atoms with van der Waals surface area (Å²) in [6, 6.07) is 3.88. The second kappa shape index (κ2) is 4.00. The van der Waals surface area contributed by atoms with Crippen LogP contribution in [0.1, 0.15) is 15.9 Å². The molecule has 0 bridgehead atoms. The van der Waals surface area contributed by atoms with E-state index in [9.17, 15) is 9.18 Å². The lowest BCUT2D eigenvalue weighted by molar-refractivity contribution is 0.0691. The molecule has 13 heavy (non-hydrogen) atoms. The van der Waals surface area contributed by atoms with Gasteiger partial charge in [-0.15, -0.1) is 0 Å². The Kier molecular flexibility index (Phi) is 2.97.